The van der Waals surface area contributed by atoms with E-state index in [1.54, 1.807) is 0 Å². The molecule has 4 rings (SSSR count). The topological polar surface area (TPSA) is 55.6 Å². The second-order valence-electron chi connectivity index (χ2n) is 6.54. The molecule has 2 saturated carbocycles. The first kappa shape index (κ1) is 13.1. The van der Waals surface area contributed by atoms with Crippen molar-refractivity contribution >= 4 is 11.6 Å². The molecule has 4 nitrogen and oxygen atoms in total. The number of carbonyl (C=O) groups is 1. The number of nitrogens with zero attached hydrogens (tertiary/aromatic N) is 1. The van der Waals surface area contributed by atoms with E-state index < -0.39 is 0 Å². The molecule has 1 aliphatic heterocycles. The molecule has 1 aromatic rings. The average molecular weight is 286 g/mol. The van der Waals surface area contributed by atoms with Crippen molar-refractivity contribution in [3.63, 3.8) is 0 Å². The maximum Gasteiger partial charge on any atom is 0.230 e. The number of ether oxygens (including phenoxy) is 1. The Hall–Kier alpha value is -1.55. The van der Waals surface area contributed by atoms with Gasteiger partial charge in [0.2, 0.25) is 5.91 Å². The molecule has 3 unspecified atom stereocenters. The average Bonchev–Trinajstić information content (AvgIpc) is 2.87. The largest absolute Gasteiger partial charge is 0.490 e. The van der Waals surface area contributed by atoms with Crippen molar-refractivity contribution in [2.75, 3.05) is 18.1 Å². The van der Waals surface area contributed by atoms with Gasteiger partial charge in [-0.3, -0.25) is 4.79 Å². The molecule has 0 aromatic heterocycles. The predicted molar refractivity (Wildman–Crippen MR) is 81.1 cm³/mol. The van der Waals surface area contributed by atoms with Gasteiger partial charge in [-0.1, -0.05) is 18.9 Å². The van der Waals surface area contributed by atoms with E-state index in [1.165, 1.54) is 19.3 Å². The highest BCUT2D eigenvalue weighted by atomic mass is 16.5. The standard InChI is InChI=1S/C17H22N2O2/c18-10-11-4-5-15-16(8-11)21-7-6-19(15)17(20)14-9-12-2-1-3-13(12)14/h4-5,8,12-14H,1-3,6-7,9-10,18H2. The van der Waals surface area contributed by atoms with Gasteiger partial charge in [-0.15, -0.1) is 0 Å². The highest BCUT2D eigenvalue weighted by Gasteiger charge is 2.48. The highest BCUT2D eigenvalue weighted by Crippen LogP contribution is 2.52. The van der Waals surface area contributed by atoms with Crippen LogP contribution in [0.15, 0.2) is 18.2 Å². The van der Waals surface area contributed by atoms with Crippen LogP contribution in [0, 0.1) is 17.8 Å². The van der Waals surface area contributed by atoms with Gasteiger partial charge in [0, 0.05) is 12.5 Å². The minimum atomic E-state index is 0.248. The monoisotopic (exact) mass is 286 g/mol. The van der Waals surface area contributed by atoms with Crippen molar-refractivity contribution in [2.24, 2.45) is 23.5 Å². The summed E-state index contributed by atoms with van der Waals surface area (Å²) in [6.45, 7) is 1.74. The van der Waals surface area contributed by atoms with Crippen LogP contribution in [0.4, 0.5) is 5.69 Å². The van der Waals surface area contributed by atoms with Crippen LogP contribution in [0.3, 0.4) is 0 Å². The van der Waals surface area contributed by atoms with Gasteiger partial charge in [0.25, 0.3) is 0 Å². The lowest BCUT2D eigenvalue weighted by atomic mass is 9.66. The van der Waals surface area contributed by atoms with E-state index in [2.05, 4.69) is 0 Å². The van der Waals surface area contributed by atoms with Crippen LogP contribution >= 0.6 is 0 Å². The normalized spacial score (nSPS) is 30.1. The number of carbonyl (C=O) groups excluding carboxylic acids is 1. The van der Waals surface area contributed by atoms with E-state index in [1.807, 2.05) is 23.1 Å². The fraction of sp³-hybridized carbons (Fsp3) is 0.588. The summed E-state index contributed by atoms with van der Waals surface area (Å²) in [6, 6.07) is 5.94. The summed E-state index contributed by atoms with van der Waals surface area (Å²) in [6.07, 6.45) is 4.97. The smallest absolute Gasteiger partial charge is 0.230 e. The van der Waals surface area contributed by atoms with Gasteiger partial charge in [-0.05, 0) is 42.4 Å². The van der Waals surface area contributed by atoms with Crippen LogP contribution in [-0.4, -0.2) is 19.1 Å². The van der Waals surface area contributed by atoms with Gasteiger partial charge in [-0.25, -0.2) is 0 Å². The molecule has 1 heterocycles. The zero-order valence-electron chi connectivity index (χ0n) is 12.3. The number of hydrogen-bond donors (Lipinski definition) is 1. The summed E-state index contributed by atoms with van der Waals surface area (Å²) in [5, 5.41) is 0. The third kappa shape index (κ3) is 2.04. The maximum atomic E-state index is 12.9. The van der Waals surface area contributed by atoms with Crippen LogP contribution in [-0.2, 0) is 11.3 Å². The summed E-state index contributed by atoms with van der Waals surface area (Å²) in [5.74, 6) is 2.83. The Morgan fingerprint density at radius 2 is 2.29 bits per heavy atom. The molecule has 21 heavy (non-hydrogen) atoms. The Balaban J connectivity index is 1.58. The number of hydrogen-bond acceptors (Lipinski definition) is 3. The molecule has 4 heteroatoms. The molecule has 0 bridgehead atoms. The van der Waals surface area contributed by atoms with Gasteiger partial charge in [-0.2, -0.15) is 0 Å². The minimum absolute atomic E-state index is 0.248. The lowest BCUT2D eigenvalue weighted by molar-refractivity contribution is -0.129. The van der Waals surface area contributed by atoms with Gasteiger partial charge >= 0.3 is 0 Å². The summed E-state index contributed by atoms with van der Waals surface area (Å²) in [4.78, 5) is 14.8. The Morgan fingerprint density at radius 3 is 3.10 bits per heavy atom. The zero-order valence-corrected chi connectivity index (χ0v) is 12.3. The lowest BCUT2D eigenvalue weighted by Gasteiger charge is -2.43. The third-order valence-electron chi connectivity index (χ3n) is 5.50. The van der Waals surface area contributed by atoms with Crippen LogP contribution in [0.5, 0.6) is 5.75 Å². The Labute approximate surface area is 125 Å². The Bertz CT molecular complexity index is 572. The summed E-state index contributed by atoms with van der Waals surface area (Å²) in [5.41, 5.74) is 7.64. The molecule has 1 amide bonds. The van der Waals surface area contributed by atoms with E-state index >= 15 is 0 Å². The van der Waals surface area contributed by atoms with Crippen molar-refractivity contribution in [1.82, 2.24) is 0 Å². The number of nitrogens with two attached hydrogens (primary N) is 1. The first-order valence-corrected chi connectivity index (χ1v) is 8.05. The van der Waals surface area contributed by atoms with E-state index in [-0.39, 0.29) is 5.92 Å². The molecule has 0 spiro atoms. The predicted octanol–water partition coefficient (Wildman–Crippen LogP) is 2.31. The first-order valence-electron chi connectivity index (χ1n) is 8.05. The molecule has 1 aromatic carbocycles. The molecular formula is C17H22N2O2. The van der Waals surface area contributed by atoms with Crippen LogP contribution in [0.25, 0.3) is 0 Å². The first-order chi connectivity index (χ1) is 10.3. The van der Waals surface area contributed by atoms with E-state index in [0.717, 1.165) is 29.3 Å². The molecule has 2 N–H and O–H groups in total. The molecule has 3 atom stereocenters. The molecule has 2 aliphatic carbocycles. The van der Waals surface area contributed by atoms with Crippen molar-refractivity contribution in [1.29, 1.82) is 0 Å². The maximum absolute atomic E-state index is 12.9. The molecular weight excluding hydrogens is 264 g/mol. The van der Waals surface area contributed by atoms with Crippen LogP contribution in [0.1, 0.15) is 31.2 Å². The van der Waals surface area contributed by atoms with Gasteiger partial charge < -0.3 is 15.4 Å². The number of anilines is 1. The number of benzene rings is 1. The summed E-state index contributed by atoms with van der Waals surface area (Å²) < 4.78 is 5.71. The highest BCUT2D eigenvalue weighted by molar-refractivity contribution is 5.97. The molecule has 2 fully saturated rings. The van der Waals surface area contributed by atoms with E-state index in [4.69, 9.17) is 10.5 Å². The van der Waals surface area contributed by atoms with Gasteiger partial charge in [0.15, 0.2) is 0 Å². The van der Waals surface area contributed by atoms with Crippen molar-refractivity contribution in [3.8, 4) is 5.75 Å². The van der Waals surface area contributed by atoms with E-state index in [0.29, 0.717) is 31.5 Å². The number of amides is 1. The van der Waals surface area contributed by atoms with Gasteiger partial charge in [0.05, 0.1) is 12.2 Å². The van der Waals surface area contributed by atoms with Crippen molar-refractivity contribution in [3.05, 3.63) is 23.8 Å². The third-order valence-corrected chi connectivity index (χ3v) is 5.50. The quantitative estimate of drug-likeness (QED) is 0.907. The fourth-order valence-electron chi connectivity index (χ4n) is 4.30. The Kier molecular flexibility index (Phi) is 3.14. The van der Waals surface area contributed by atoms with Crippen molar-refractivity contribution in [2.45, 2.75) is 32.2 Å². The molecule has 3 aliphatic rings. The molecule has 0 radical (unpaired) electrons. The van der Waals surface area contributed by atoms with Crippen LogP contribution in [0.2, 0.25) is 0 Å². The minimum Gasteiger partial charge on any atom is -0.490 e. The molecule has 112 valence electrons. The second-order valence-corrected chi connectivity index (χ2v) is 6.54. The number of fused-ring (bicyclic) bond motifs is 2. The second kappa shape index (κ2) is 5.02. The summed E-state index contributed by atoms with van der Waals surface area (Å²) in [7, 11) is 0. The fourth-order valence-corrected chi connectivity index (χ4v) is 4.30. The SMILES string of the molecule is NCc1ccc2c(c1)OCCN2C(=O)C1CC2CCCC21. The van der Waals surface area contributed by atoms with Crippen LogP contribution < -0.4 is 15.4 Å². The zero-order chi connectivity index (χ0) is 14.4. The van der Waals surface area contributed by atoms with Crippen molar-refractivity contribution < 1.29 is 9.53 Å². The van der Waals surface area contributed by atoms with E-state index in [9.17, 15) is 4.79 Å². The molecule has 0 saturated heterocycles. The lowest BCUT2D eigenvalue weighted by Crippen LogP contribution is -2.48. The van der Waals surface area contributed by atoms with Gasteiger partial charge in [0.1, 0.15) is 12.4 Å². The Morgan fingerprint density at radius 1 is 1.38 bits per heavy atom. The number of rotatable bonds is 2. The summed E-state index contributed by atoms with van der Waals surface area (Å²) >= 11 is 0.